The van der Waals surface area contributed by atoms with E-state index < -0.39 is 24.0 Å². The Kier molecular flexibility index (Phi) is 3.94. The van der Waals surface area contributed by atoms with Gasteiger partial charge in [-0.3, -0.25) is 4.90 Å². The molecule has 1 aromatic rings. The van der Waals surface area contributed by atoms with Crippen molar-refractivity contribution in [3.63, 3.8) is 0 Å². The van der Waals surface area contributed by atoms with Crippen LogP contribution in [0.2, 0.25) is 0 Å². The molecule has 1 heterocycles. The summed E-state index contributed by atoms with van der Waals surface area (Å²) in [7, 11) is 0. The normalized spacial score (nSPS) is 24.2. The van der Waals surface area contributed by atoms with Crippen LogP contribution in [0.4, 0.5) is 8.78 Å². The number of aliphatic hydroxyl groups is 2. The maximum Gasteiger partial charge on any atom is 0.133 e. The van der Waals surface area contributed by atoms with Crippen LogP contribution in [0.25, 0.3) is 0 Å². The van der Waals surface area contributed by atoms with Gasteiger partial charge in [0.05, 0.1) is 6.10 Å². The predicted molar refractivity (Wildman–Crippen MR) is 62.7 cm³/mol. The molecule has 0 amide bonds. The second-order valence-electron chi connectivity index (χ2n) is 4.72. The molecule has 0 radical (unpaired) electrons. The summed E-state index contributed by atoms with van der Waals surface area (Å²) in [5.41, 5.74) is 0.243. The van der Waals surface area contributed by atoms with Crippen molar-refractivity contribution in [2.75, 3.05) is 6.54 Å². The standard InChI is InChI=1S/C13H17F2NO2/c1-8(17)13(18)16-6-2-3-12(16)10-7-9(14)4-5-11(10)15/h4-5,7-8,12-13,17-18H,2-3,6H2,1H3/t8?,12-,13?/m1/s1. The van der Waals surface area contributed by atoms with Crippen molar-refractivity contribution in [2.24, 2.45) is 0 Å². The summed E-state index contributed by atoms with van der Waals surface area (Å²) in [5, 5.41) is 19.3. The first-order valence-corrected chi connectivity index (χ1v) is 6.07. The third kappa shape index (κ3) is 2.53. The van der Waals surface area contributed by atoms with Crippen molar-refractivity contribution in [1.29, 1.82) is 0 Å². The third-order valence-corrected chi connectivity index (χ3v) is 3.38. The highest BCUT2D eigenvalue weighted by atomic mass is 19.1. The van der Waals surface area contributed by atoms with E-state index in [4.69, 9.17) is 0 Å². The van der Waals surface area contributed by atoms with E-state index in [9.17, 15) is 19.0 Å². The number of hydrogen-bond donors (Lipinski definition) is 2. The number of aliphatic hydroxyl groups excluding tert-OH is 2. The number of benzene rings is 1. The Hall–Kier alpha value is -1.04. The van der Waals surface area contributed by atoms with E-state index in [-0.39, 0.29) is 11.6 Å². The Labute approximate surface area is 105 Å². The molecule has 2 N–H and O–H groups in total. The molecular weight excluding hydrogens is 240 g/mol. The van der Waals surface area contributed by atoms with Gasteiger partial charge in [-0.1, -0.05) is 0 Å². The maximum absolute atomic E-state index is 13.7. The van der Waals surface area contributed by atoms with Crippen LogP contribution < -0.4 is 0 Å². The molecule has 0 spiro atoms. The van der Waals surface area contributed by atoms with Gasteiger partial charge in [-0.25, -0.2) is 8.78 Å². The van der Waals surface area contributed by atoms with Crippen LogP contribution in [0.5, 0.6) is 0 Å². The largest absolute Gasteiger partial charge is 0.389 e. The maximum atomic E-state index is 13.7. The lowest BCUT2D eigenvalue weighted by molar-refractivity contribution is -0.0824. The van der Waals surface area contributed by atoms with E-state index in [1.807, 2.05) is 0 Å². The van der Waals surface area contributed by atoms with Crippen molar-refractivity contribution in [1.82, 2.24) is 4.90 Å². The summed E-state index contributed by atoms with van der Waals surface area (Å²) in [6.07, 6.45) is -0.559. The van der Waals surface area contributed by atoms with Gasteiger partial charge in [-0.15, -0.1) is 0 Å². The van der Waals surface area contributed by atoms with E-state index >= 15 is 0 Å². The van der Waals surface area contributed by atoms with Crippen molar-refractivity contribution in [3.05, 3.63) is 35.4 Å². The highest BCUT2D eigenvalue weighted by molar-refractivity contribution is 5.23. The average Bonchev–Trinajstić information content (AvgIpc) is 2.80. The summed E-state index contributed by atoms with van der Waals surface area (Å²) >= 11 is 0. The molecule has 1 aliphatic rings. The minimum atomic E-state index is -1.06. The minimum absolute atomic E-state index is 0.243. The van der Waals surface area contributed by atoms with E-state index in [1.165, 1.54) is 6.92 Å². The highest BCUT2D eigenvalue weighted by Crippen LogP contribution is 2.35. The van der Waals surface area contributed by atoms with Gasteiger partial charge in [0.1, 0.15) is 17.9 Å². The minimum Gasteiger partial charge on any atom is -0.389 e. The van der Waals surface area contributed by atoms with E-state index in [1.54, 1.807) is 4.90 Å². The van der Waals surface area contributed by atoms with Crippen LogP contribution in [0.3, 0.4) is 0 Å². The van der Waals surface area contributed by atoms with Crippen LogP contribution in [0.15, 0.2) is 18.2 Å². The fourth-order valence-electron chi connectivity index (χ4n) is 2.49. The van der Waals surface area contributed by atoms with E-state index in [0.717, 1.165) is 24.6 Å². The van der Waals surface area contributed by atoms with Gasteiger partial charge in [-0.2, -0.15) is 0 Å². The lowest BCUT2D eigenvalue weighted by Gasteiger charge is -2.31. The lowest BCUT2D eigenvalue weighted by Crippen LogP contribution is -2.42. The third-order valence-electron chi connectivity index (χ3n) is 3.38. The number of rotatable bonds is 3. The molecular formula is C13H17F2NO2. The van der Waals surface area contributed by atoms with Gasteiger partial charge in [0.25, 0.3) is 0 Å². The zero-order valence-electron chi connectivity index (χ0n) is 10.2. The zero-order chi connectivity index (χ0) is 13.3. The number of nitrogens with zero attached hydrogens (tertiary/aromatic N) is 1. The van der Waals surface area contributed by atoms with Crippen molar-refractivity contribution in [3.8, 4) is 0 Å². The monoisotopic (exact) mass is 257 g/mol. The average molecular weight is 257 g/mol. The molecule has 18 heavy (non-hydrogen) atoms. The summed E-state index contributed by atoms with van der Waals surface area (Å²) < 4.78 is 26.9. The molecule has 2 rings (SSSR count). The Balaban J connectivity index is 2.28. The number of hydrogen-bond acceptors (Lipinski definition) is 3. The predicted octanol–water partition coefficient (Wildman–Crippen LogP) is 1.80. The number of likely N-dealkylation sites (tertiary alicyclic amines) is 1. The summed E-state index contributed by atoms with van der Waals surface area (Å²) in [6, 6.07) is 2.94. The smallest absolute Gasteiger partial charge is 0.133 e. The van der Waals surface area contributed by atoms with Crippen molar-refractivity contribution >= 4 is 0 Å². The second kappa shape index (κ2) is 5.30. The first kappa shape index (κ1) is 13.4. The molecule has 1 saturated heterocycles. The molecule has 2 unspecified atom stereocenters. The van der Waals surface area contributed by atoms with Gasteiger partial charge in [0.15, 0.2) is 0 Å². The van der Waals surface area contributed by atoms with Crippen LogP contribution in [0, 0.1) is 11.6 Å². The van der Waals surface area contributed by atoms with Gasteiger partial charge in [0.2, 0.25) is 0 Å². The topological polar surface area (TPSA) is 43.7 Å². The Morgan fingerprint density at radius 3 is 2.72 bits per heavy atom. The van der Waals surface area contributed by atoms with Crippen LogP contribution in [-0.4, -0.2) is 34.0 Å². The Bertz CT molecular complexity index is 425. The van der Waals surface area contributed by atoms with Crippen molar-refractivity contribution in [2.45, 2.75) is 38.1 Å². The molecule has 0 saturated carbocycles. The first-order valence-electron chi connectivity index (χ1n) is 6.07. The molecule has 3 atom stereocenters. The number of halogens is 2. The molecule has 1 fully saturated rings. The lowest BCUT2D eigenvalue weighted by atomic mass is 10.0. The van der Waals surface area contributed by atoms with Gasteiger partial charge in [-0.05, 0) is 38.0 Å². The van der Waals surface area contributed by atoms with Gasteiger partial charge in [0, 0.05) is 18.2 Å². The molecule has 0 aromatic heterocycles. The van der Waals surface area contributed by atoms with Crippen LogP contribution in [-0.2, 0) is 0 Å². The fourth-order valence-corrected chi connectivity index (χ4v) is 2.49. The molecule has 1 aromatic carbocycles. The Morgan fingerprint density at radius 2 is 2.06 bits per heavy atom. The highest BCUT2D eigenvalue weighted by Gasteiger charge is 2.34. The quantitative estimate of drug-likeness (QED) is 0.867. The molecule has 0 bridgehead atoms. The summed E-state index contributed by atoms with van der Waals surface area (Å²) in [6.45, 7) is 2.04. The molecule has 100 valence electrons. The van der Waals surface area contributed by atoms with Gasteiger partial charge >= 0.3 is 0 Å². The molecule has 5 heteroatoms. The van der Waals surface area contributed by atoms with Gasteiger partial charge < -0.3 is 10.2 Å². The molecule has 1 aliphatic heterocycles. The van der Waals surface area contributed by atoms with Crippen LogP contribution >= 0.6 is 0 Å². The molecule has 3 nitrogen and oxygen atoms in total. The first-order chi connectivity index (χ1) is 8.50. The zero-order valence-corrected chi connectivity index (χ0v) is 10.2. The summed E-state index contributed by atoms with van der Waals surface area (Å²) in [5.74, 6) is -0.976. The van der Waals surface area contributed by atoms with Crippen molar-refractivity contribution < 1.29 is 19.0 Å². The van der Waals surface area contributed by atoms with E-state index in [0.29, 0.717) is 13.0 Å². The Morgan fingerprint density at radius 1 is 1.33 bits per heavy atom. The second-order valence-corrected chi connectivity index (χ2v) is 4.72. The van der Waals surface area contributed by atoms with E-state index in [2.05, 4.69) is 0 Å². The van der Waals surface area contributed by atoms with Crippen LogP contribution in [0.1, 0.15) is 31.4 Å². The SMILES string of the molecule is CC(O)C(O)N1CCC[C@@H]1c1cc(F)ccc1F. The molecule has 0 aliphatic carbocycles. The summed E-state index contributed by atoms with van der Waals surface area (Å²) in [4.78, 5) is 1.61. The fraction of sp³-hybridized carbons (Fsp3) is 0.538.